The van der Waals surface area contributed by atoms with Gasteiger partial charge in [0.15, 0.2) is 0 Å². The Kier molecular flexibility index (Phi) is 5.02. The lowest BCUT2D eigenvalue weighted by atomic mass is 10.1. The van der Waals surface area contributed by atoms with Gasteiger partial charge in [0.1, 0.15) is 17.3 Å². The Balaban J connectivity index is 1.14. The number of nitrogen functional groups attached to an aromatic ring is 1. The van der Waals surface area contributed by atoms with Crippen molar-refractivity contribution in [2.24, 2.45) is 11.8 Å². The summed E-state index contributed by atoms with van der Waals surface area (Å²) in [5.41, 5.74) is 12.5. The molecule has 184 valence electrons. The van der Waals surface area contributed by atoms with E-state index in [9.17, 15) is 18.0 Å². The predicted octanol–water partition coefficient (Wildman–Crippen LogP) is 2.00. The summed E-state index contributed by atoms with van der Waals surface area (Å²) in [5, 5.41) is 4.35. The molecule has 0 bridgehead atoms. The van der Waals surface area contributed by atoms with Gasteiger partial charge >= 0.3 is 6.18 Å². The number of nitrogens with one attached hydrogen (secondary N) is 3. The molecule has 0 radical (unpaired) electrons. The summed E-state index contributed by atoms with van der Waals surface area (Å²) in [5.74, 6) is 1.62. The molecule has 9 nitrogen and oxygen atoms in total. The molecule has 2 aliphatic carbocycles. The first kappa shape index (κ1) is 22.0. The first-order valence-corrected chi connectivity index (χ1v) is 11.6. The van der Waals surface area contributed by atoms with Gasteiger partial charge in [-0.15, -0.1) is 5.53 Å². The van der Waals surface area contributed by atoms with Crippen molar-refractivity contribution in [1.82, 2.24) is 31.3 Å². The molecule has 35 heavy (non-hydrogen) atoms. The SMILES string of the molecule is Nc1ccc2c(n1)CC[C@H]2NC(=O)C1=CN(Cc2cnc(N3CC4CC4C3)cc2C(F)(F)F)NN1. The normalized spacial score (nSPS) is 24.7. The van der Waals surface area contributed by atoms with E-state index in [1.165, 1.54) is 17.4 Å². The van der Waals surface area contributed by atoms with Crippen LogP contribution in [0.3, 0.4) is 0 Å². The zero-order chi connectivity index (χ0) is 24.3. The van der Waals surface area contributed by atoms with Gasteiger partial charge in [0.2, 0.25) is 0 Å². The van der Waals surface area contributed by atoms with Gasteiger partial charge in [0.05, 0.1) is 18.2 Å². The molecule has 6 rings (SSSR count). The molecular formula is C23H25F3N8O. The highest BCUT2D eigenvalue weighted by atomic mass is 19.4. The predicted molar refractivity (Wildman–Crippen MR) is 121 cm³/mol. The molecule has 0 spiro atoms. The fourth-order valence-corrected chi connectivity index (χ4v) is 5.23. The number of fused-ring (bicyclic) bond motifs is 2. The number of carbonyl (C=O) groups is 1. The third kappa shape index (κ3) is 4.22. The average Bonchev–Trinajstić information content (AvgIpc) is 3.17. The van der Waals surface area contributed by atoms with Crippen LogP contribution in [-0.4, -0.2) is 34.0 Å². The molecule has 2 aromatic heterocycles. The van der Waals surface area contributed by atoms with Crippen LogP contribution in [0.1, 0.15) is 41.3 Å². The highest BCUT2D eigenvalue weighted by molar-refractivity contribution is 5.93. The first-order valence-electron chi connectivity index (χ1n) is 11.6. The lowest BCUT2D eigenvalue weighted by molar-refractivity contribution is -0.138. The van der Waals surface area contributed by atoms with E-state index in [0.29, 0.717) is 36.3 Å². The van der Waals surface area contributed by atoms with Crippen LogP contribution in [0, 0.1) is 11.8 Å². The fraction of sp³-hybridized carbons (Fsp3) is 0.435. The summed E-state index contributed by atoms with van der Waals surface area (Å²) < 4.78 is 41.6. The number of carbonyl (C=O) groups excluding carboxylic acids is 1. The van der Waals surface area contributed by atoms with Gasteiger partial charge in [-0.25, -0.2) is 9.97 Å². The van der Waals surface area contributed by atoms with Crippen LogP contribution in [0.15, 0.2) is 36.3 Å². The Labute approximate surface area is 199 Å². The number of hydrogen-bond acceptors (Lipinski definition) is 8. The zero-order valence-corrected chi connectivity index (χ0v) is 18.8. The largest absolute Gasteiger partial charge is 0.416 e. The van der Waals surface area contributed by atoms with Gasteiger partial charge in [0.25, 0.3) is 5.91 Å². The third-order valence-electron chi connectivity index (χ3n) is 7.17. The third-order valence-corrected chi connectivity index (χ3v) is 7.17. The Hall–Kier alpha value is -3.54. The van der Waals surface area contributed by atoms with Gasteiger partial charge < -0.3 is 16.0 Å². The van der Waals surface area contributed by atoms with E-state index in [1.807, 2.05) is 11.0 Å². The van der Waals surface area contributed by atoms with Crippen LogP contribution in [0.5, 0.6) is 0 Å². The van der Waals surface area contributed by atoms with E-state index in [1.54, 1.807) is 6.07 Å². The maximum absolute atomic E-state index is 13.9. The molecule has 5 N–H and O–H groups in total. The van der Waals surface area contributed by atoms with Crippen molar-refractivity contribution < 1.29 is 18.0 Å². The highest BCUT2D eigenvalue weighted by Gasteiger charge is 2.46. The number of nitrogens with zero attached hydrogens (tertiary/aromatic N) is 4. The van der Waals surface area contributed by atoms with Gasteiger partial charge in [-0.3, -0.25) is 15.2 Å². The molecule has 1 saturated heterocycles. The lowest BCUT2D eigenvalue weighted by Gasteiger charge is -2.23. The highest BCUT2D eigenvalue weighted by Crippen LogP contribution is 2.46. The second kappa shape index (κ2) is 8.01. The van der Waals surface area contributed by atoms with Crippen LogP contribution >= 0.6 is 0 Å². The summed E-state index contributed by atoms with van der Waals surface area (Å²) in [6.45, 7) is 1.41. The van der Waals surface area contributed by atoms with Crippen LogP contribution in [-0.2, 0) is 23.9 Å². The number of rotatable bonds is 5. The van der Waals surface area contributed by atoms with Gasteiger partial charge in [-0.05, 0) is 48.8 Å². The quantitative estimate of drug-likeness (QED) is 0.508. The summed E-state index contributed by atoms with van der Waals surface area (Å²) >= 11 is 0. The van der Waals surface area contributed by atoms with Crippen LogP contribution in [0.25, 0.3) is 0 Å². The number of aromatic nitrogens is 2. The van der Waals surface area contributed by atoms with Crippen molar-refractivity contribution >= 4 is 17.5 Å². The van der Waals surface area contributed by atoms with E-state index in [0.717, 1.165) is 36.8 Å². The van der Waals surface area contributed by atoms with E-state index < -0.39 is 11.7 Å². The van der Waals surface area contributed by atoms with Crippen molar-refractivity contribution in [2.75, 3.05) is 23.7 Å². The number of halogens is 3. The summed E-state index contributed by atoms with van der Waals surface area (Å²) in [6, 6.07) is 4.49. The monoisotopic (exact) mass is 486 g/mol. The minimum Gasteiger partial charge on any atom is -0.384 e. The molecule has 2 unspecified atom stereocenters. The molecule has 3 atom stereocenters. The molecule has 2 fully saturated rings. The molecule has 4 heterocycles. The minimum absolute atomic E-state index is 0.0196. The maximum Gasteiger partial charge on any atom is 0.416 e. The molecular weight excluding hydrogens is 461 g/mol. The number of hydrogen-bond donors (Lipinski definition) is 4. The van der Waals surface area contributed by atoms with Crippen molar-refractivity contribution in [2.45, 2.75) is 38.0 Å². The molecule has 4 aliphatic rings. The van der Waals surface area contributed by atoms with Crippen LogP contribution < -0.4 is 26.9 Å². The molecule has 1 amide bonds. The maximum atomic E-state index is 13.9. The molecule has 12 heteroatoms. The number of alkyl halides is 3. The molecule has 1 saturated carbocycles. The smallest absolute Gasteiger partial charge is 0.384 e. The number of hydrazine groups is 2. The van der Waals surface area contributed by atoms with E-state index in [-0.39, 0.29) is 29.8 Å². The Morgan fingerprint density at radius 3 is 2.83 bits per heavy atom. The van der Waals surface area contributed by atoms with Gasteiger partial charge in [-0.1, -0.05) is 6.07 Å². The van der Waals surface area contributed by atoms with Gasteiger partial charge in [0, 0.05) is 36.7 Å². The van der Waals surface area contributed by atoms with Crippen molar-refractivity contribution in [1.29, 1.82) is 0 Å². The second-order valence-electron chi connectivity index (χ2n) is 9.60. The summed E-state index contributed by atoms with van der Waals surface area (Å²) in [4.78, 5) is 23.3. The lowest BCUT2D eigenvalue weighted by Crippen LogP contribution is -2.39. The summed E-state index contributed by atoms with van der Waals surface area (Å²) in [6.07, 6.45) is 0.797. The Morgan fingerprint density at radius 2 is 2.06 bits per heavy atom. The van der Waals surface area contributed by atoms with Crippen molar-refractivity contribution in [3.8, 4) is 0 Å². The number of aryl methyl sites for hydroxylation is 1. The number of amides is 1. The van der Waals surface area contributed by atoms with Gasteiger partial charge in [-0.2, -0.15) is 13.2 Å². The standard InChI is InChI=1S/C23H25F3N8O/c24-23(25,26)16-6-21(33-8-12-5-13(12)9-33)28-7-14(16)10-34-11-19(31-32-34)22(35)30-18-3-2-17-15(18)1-4-20(27)29-17/h1,4,6-7,11-13,18,31-32H,2-3,5,8-10H2,(H2,27,29)(H,30,35)/t12?,13?,18-/m1/s1. The zero-order valence-electron chi connectivity index (χ0n) is 18.8. The van der Waals surface area contributed by atoms with Crippen molar-refractivity contribution in [3.05, 3.63) is 58.7 Å². The van der Waals surface area contributed by atoms with Crippen molar-refractivity contribution in [3.63, 3.8) is 0 Å². The van der Waals surface area contributed by atoms with E-state index in [4.69, 9.17) is 5.73 Å². The van der Waals surface area contributed by atoms with Crippen LogP contribution in [0.2, 0.25) is 0 Å². The van der Waals surface area contributed by atoms with E-state index in [2.05, 4.69) is 26.2 Å². The number of nitrogens with two attached hydrogens (primary N) is 1. The number of pyridine rings is 2. The number of anilines is 2. The molecule has 0 aromatic carbocycles. The molecule has 2 aliphatic heterocycles. The fourth-order valence-electron chi connectivity index (χ4n) is 5.23. The van der Waals surface area contributed by atoms with E-state index >= 15 is 0 Å². The second-order valence-corrected chi connectivity index (χ2v) is 9.60. The number of piperidine rings is 1. The first-order chi connectivity index (χ1) is 16.7. The van der Waals surface area contributed by atoms with Crippen LogP contribution in [0.4, 0.5) is 24.8 Å². The summed E-state index contributed by atoms with van der Waals surface area (Å²) in [7, 11) is 0. The Bertz CT molecular complexity index is 1210. The topological polar surface area (TPSA) is 111 Å². The minimum atomic E-state index is -4.51. The average molecular weight is 487 g/mol. The Morgan fingerprint density at radius 1 is 1.26 bits per heavy atom. The molecule has 2 aromatic rings.